The number of carboxylic acid groups (broad SMARTS) is 2. The van der Waals surface area contributed by atoms with Crippen LogP contribution in [-0.2, 0) is 28.7 Å². The lowest BCUT2D eigenvalue weighted by Gasteiger charge is -2.36. The summed E-state index contributed by atoms with van der Waals surface area (Å²) < 4.78 is 10.3. The zero-order valence-corrected chi connectivity index (χ0v) is 39.6. The van der Waals surface area contributed by atoms with Crippen LogP contribution in [0.25, 0.3) is 10.8 Å². The first kappa shape index (κ1) is 48.6. The number of hydrogen-bond donors (Lipinski definition) is 4. The molecule has 0 aromatic heterocycles. The maximum atomic E-state index is 13.4. The maximum Gasteiger partial charge on any atom is 0.327 e. The molecule has 0 saturated carbocycles. The Labute approximate surface area is 415 Å². The second-order valence-corrected chi connectivity index (χ2v) is 18.8. The van der Waals surface area contributed by atoms with Crippen LogP contribution in [0.2, 0.25) is 0 Å². The minimum Gasteiger partial charge on any atom is -0.484 e. The second-order valence-electron chi connectivity index (χ2n) is 16.3. The average Bonchev–Trinajstić information content (AvgIpc) is 3.41. The molecular weight excluding hydrogens is 917 g/mol. The van der Waals surface area contributed by atoms with Crippen LogP contribution in [-0.4, -0.2) is 70.8 Å². The van der Waals surface area contributed by atoms with Gasteiger partial charge in [0, 0.05) is 16.9 Å². The number of thioether (sulfide) groups is 2. The molecule has 0 aliphatic rings. The van der Waals surface area contributed by atoms with E-state index < -0.39 is 58.5 Å². The number of ether oxygens (including phenoxy) is 2. The van der Waals surface area contributed by atoms with Gasteiger partial charge >= 0.3 is 11.9 Å². The summed E-state index contributed by atoms with van der Waals surface area (Å²) in [6.07, 6.45) is 0. The molecule has 12 heteroatoms. The summed E-state index contributed by atoms with van der Waals surface area (Å²) >= 11 is 2.87. The average molecular weight is 967 g/mol. The molecule has 0 unspecified atom stereocenters. The lowest BCUT2D eigenvalue weighted by atomic mass is 9.84. The van der Waals surface area contributed by atoms with Gasteiger partial charge in [0.1, 0.15) is 23.6 Å². The number of carboxylic acids is 2. The Hall–Kier alpha value is -7.80. The fourth-order valence-corrected chi connectivity index (χ4v) is 11.6. The van der Waals surface area contributed by atoms with Gasteiger partial charge in [0.2, 0.25) is 0 Å². The Kier molecular flexibility index (Phi) is 16.0. The predicted octanol–water partition coefficient (Wildman–Crippen LogP) is 10.2. The van der Waals surface area contributed by atoms with Crippen LogP contribution >= 0.6 is 23.5 Å². The molecule has 0 spiro atoms. The number of hydrogen-bond acceptors (Lipinski definition) is 8. The van der Waals surface area contributed by atoms with Crippen molar-refractivity contribution in [2.45, 2.75) is 21.6 Å². The van der Waals surface area contributed by atoms with Gasteiger partial charge in [0.15, 0.2) is 13.2 Å². The maximum absolute atomic E-state index is 13.4. The van der Waals surface area contributed by atoms with Crippen molar-refractivity contribution in [3.8, 4) is 11.5 Å². The van der Waals surface area contributed by atoms with E-state index in [0.29, 0.717) is 22.3 Å². The molecule has 352 valence electrons. The number of amides is 2. The van der Waals surface area contributed by atoms with Gasteiger partial charge in [-0.15, -0.1) is 23.5 Å². The predicted molar refractivity (Wildman–Crippen MR) is 277 cm³/mol. The van der Waals surface area contributed by atoms with E-state index >= 15 is 0 Å². The molecule has 2 amide bonds. The van der Waals surface area contributed by atoms with E-state index in [1.807, 2.05) is 188 Å². The Morgan fingerprint density at radius 2 is 0.771 bits per heavy atom. The number of carbonyl (C=O) groups is 4. The highest BCUT2D eigenvalue weighted by molar-refractivity contribution is 8.01. The van der Waals surface area contributed by atoms with Crippen molar-refractivity contribution in [3.05, 3.63) is 252 Å². The van der Waals surface area contributed by atoms with Crippen molar-refractivity contribution < 1.29 is 38.9 Å². The topological polar surface area (TPSA) is 151 Å². The van der Waals surface area contributed by atoms with Gasteiger partial charge in [-0.25, -0.2) is 9.59 Å². The van der Waals surface area contributed by atoms with E-state index in [1.54, 1.807) is 30.3 Å². The van der Waals surface area contributed by atoms with Crippen molar-refractivity contribution in [3.63, 3.8) is 0 Å². The normalized spacial score (nSPS) is 12.3. The van der Waals surface area contributed by atoms with Crippen molar-refractivity contribution in [2.24, 2.45) is 0 Å². The van der Waals surface area contributed by atoms with Crippen molar-refractivity contribution in [1.29, 1.82) is 0 Å². The molecule has 70 heavy (non-hydrogen) atoms. The molecule has 0 fully saturated rings. The molecule has 0 aliphatic heterocycles. The quantitative estimate of drug-likeness (QED) is 0.0483. The van der Waals surface area contributed by atoms with Gasteiger partial charge < -0.3 is 30.3 Å². The highest BCUT2D eigenvalue weighted by atomic mass is 32.2. The van der Waals surface area contributed by atoms with Crippen LogP contribution in [0, 0.1) is 0 Å². The Bertz CT molecular complexity index is 2810. The molecule has 2 atom stereocenters. The Balaban J connectivity index is 0.903. The molecule has 8 aromatic carbocycles. The first-order chi connectivity index (χ1) is 34.2. The van der Waals surface area contributed by atoms with Crippen LogP contribution in [0.3, 0.4) is 0 Å². The summed E-state index contributed by atoms with van der Waals surface area (Å²) in [7, 11) is 0. The minimum absolute atomic E-state index is 0.0439. The largest absolute Gasteiger partial charge is 0.484 e. The first-order valence-electron chi connectivity index (χ1n) is 22.6. The summed E-state index contributed by atoms with van der Waals surface area (Å²) in [5.74, 6) is -2.74. The van der Waals surface area contributed by atoms with Crippen LogP contribution in [0.4, 0.5) is 0 Å². The smallest absolute Gasteiger partial charge is 0.327 e. The van der Waals surface area contributed by atoms with Crippen molar-refractivity contribution in [1.82, 2.24) is 10.6 Å². The molecule has 4 N–H and O–H groups in total. The second kappa shape index (κ2) is 23.0. The Morgan fingerprint density at radius 3 is 1.11 bits per heavy atom. The summed E-state index contributed by atoms with van der Waals surface area (Å²) in [4.78, 5) is 52.1. The monoisotopic (exact) mass is 966 g/mol. The van der Waals surface area contributed by atoms with E-state index in [4.69, 9.17) is 9.47 Å². The first-order valence-corrected chi connectivity index (χ1v) is 24.6. The number of fused-ring (bicyclic) bond motifs is 1. The fraction of sp³-hybridized carbons (Fsp3) is 0.138. The molecule has 0 heterocycles. The highest BCUT2D eigenvalue weighted by Gasteiger charge is 2.40. The number of benzene rings is 8. The lowest BCUT2D eigenvalue weighted by molar-refractivity contribution is -0.141. The molecule has 0 bridgehead atoms. The standard InChI is InChI=1S/C58H50N2O8S2/c61-53(59-50(55(63)64)39-69-57(42-21-7-1-8-22-42,43-23-9-2-10-24-43)44-25-11-3-12-26-44)37-67-48-34-35-49-41(36-48)20-19-33-52(49)68-38-54(62)60-51(56(65)66)40-70-58(45-27-13-4-14-28-45,46-29-15-5-16-30-46)47-31-17-6-18-32-47/h1-36,50-51H,37-40H2,(H,59,61)(H,60,62)(H,63,64)(H,65,66)/t50-,51-/m0/s1. The third-order valence-electron chi connectivity index (χ3n) is 11.8. The molecule has 10 nitrogen and oxygen atoms in total. The van der Waals surface area contributed by atoms with Crippen molar-refractivity contribution >= 4 is 58.0 Å². The summed E-state index contributed by atoms with van der Waals surface area (Å²) in [5.41, 5.74) is 5.81. The van der Waals surface area contributed by atoms with E-state index in [9.17, 15) is 29.4 Å². The van der Waals surface area contributed by atoms with Gasteiger partial charge in [0.05, 0.1) is 9.49 Å². The number of carbonyl (C=O) groups excluding carboxylic acids is 2. The molecule has 0 radical (unpaired) electrons. The van der Waals surface area contributed by atoms with Gasteiger partial charge in [0.25, 0.3) is 11.8 Å². The summed E-state index contributed by atoms with van der Waals surface area (Å²) in [6.45, 7) is -0.886. The minimum atomic E-state index is -1.24. The van der Waals surface area contributed by atoms with Crippen LogP contribution in [0.1, 0.15) is 33.4 Å². The SMILES string of the molecule is O=C(COc1ccc2c(OCC(=O)N[C@@H](CSC(c3ccccc3)(c3ccccc3)c3ccccc3)C(=O)O)cccc2c1)N[C@@H](CSC(c1ccccc1)(c1ccccc1)c1ccccc1)C(=O)O. The molecular formula is C58H50N2O8S2. The van der Waals surface area contributed by atoms with Gasteiger partial charge in [-0.3, -0.25) is 9.59 Å². The van der Waals surface area contributed by atoms with E-state index in [0.717, 1.165) is 33.4 Å². The number of aliphatic carboxylic acids is 2. The molecule has 0 saturated heterocycles. The van der Waals surface area contributed by atoms with Crippen LogP contribution in [0.5, 0.6) is 11.5 Å². The molecule has 8 aromatic rings. The Morgan fingerprint density at radius 1 is 0.429 bits per heavy atom. The third-order valence-corrected chi connectivity index (χ3v) is 15.1. The summed E-state index contributed by atoms with van der Waals surface area (Å²) in [6, 6.07) is 67.3. The van der Waals surface area contributed by atoms with Gasteiger partial charge in [-0.1, -0.05) is 194 Å². The van der Waals surface area contributed by atoms with E-state index in [2.05, 4.69) is 10.6 Å². The zero-order chi connectivity index (χ0) is 48.8. The lowest BCUT2D eigenvalue weighted by Crippen LogP contribution is -2.45. The molecule has 0 aliphatic carbocycles. The van der Waals surface area contributed by atoms with Crippen LogP contribution in [0.15, 0.2) is 218 Å². The third kappa shape index (κ3) is 11.2. The zero-order valence-electron chi connectivity index (χ0n) is 37.9. The highest BCUT2D eigenvalue weighted by Crippen LogP contribution is 2.50. The van der Waals surface area contributed by atoms with E-state index in [-0.39, 0.29) is 11.5 Å². The molecule has 8 rings (SSSR count). The van der Waals surface area contributed by atoms with Crippen LogP contribution < -0.4 is 20.1 Å². The summed E-state index contributed by atoms with van der Waals surface area (Å²) in [5, 5.41) is 27.4. The fourth-order valence-electron chi connectivity index (χ4n) is 8.52. The van der Waals surface area contributed by atoms with Gasteiger partial charge in [-0.2, -0.15) is 0 Å². The van der Waals surface area contributed by atoms with Crippen molar-refractivity contribution in [2.75, 3.05) is 24.7 Å². The van der Waals surface area contributed by atoms with Gasteiger partial charge in [-0.05, 0) is 63.0 Å². The number of rotatable bonds is 22. The van der Waals surface area contributed by atoms with E-state index in [1.165, 1.54) is 23.5 Å². The number of nitrogens with one attached hydrogen (secondary N) is 2.